The molecule has 1 aromatic rings. The lowest BCUT2D eigenvalue weighted by Crippen LogP contribution is -2.29. The number of hydrogen-bond donors (Lipinski definition) is 2. The Morgan fingerprint density at radius 3 is 2.52 bits per heavy atom. The molecule has 1 aromatic carbocycles. The number of carboxylic acid groups (broad SMARTS) is 1. The molecule has 0 unspecified atom stereocenters. The lowest BCUT2D eigenvalue weighted by Gasteiger charge is -2.08. The first-order valence-electron chi connectivity index (χ1n) is 5.60. The summed E-state index contributed by atoms with van der Waals surface area (Å²) in [7, 11) is 0. The number of nitriles is 1. The predicted molar refractivity (Wildman–Crippen MR) is 67.1 cm³/mol. The summed E-state index contributed by atoms with van der Waals surface area (Å²) in [6.07, 6.45) is 1.74. The largest absolute Gasteiger partial charge is 0.478 e. The standard InChI is InChI=1S/C13H10F2N2O4/c14-9-5-8(1-2-12(19)20)6-10(15)13(9)21-7-11(18)17-4-3-16/h1-2,5-6H,4,7H2,(H,17,18)(H,19,20). The molecule has 0 aromatic heterocycles. The van der Waals surface area contributed by atoms with E-state index < -0.39 is 35.9 Å². The smallest absolute Gasteiger partial charge is 0.328 e. The van der Waals surface area contributed by atoms with Crippen molar-refractivity contribution in [3.8, 4) is 11.8 Å². The number of carboxylic acids is 1. The SMILES string of the molecule is N#CCNC(=O)COc1c(F)cc(C=CC(=O)O)cc1F. The molecule has 110 valence electrons. The van der Waals surface area contributed by atoms with Crippen molar-refractivity contribution >= 4 is 18.0 Å². The zero-order valence-electron chi connectivity index (χ0n) is 10.6. The van der Waals surface area contributed by atoms with E-state index in [1.807, 2.05) is 0 Å². The van der Waals surface area contributed by atoms with Crippen LogP contribution in [0.15, 0.2) is 18.2 Å². The highest BCUT2D eigenvalue weighted by Gasteiger charge is 2.13. The van der Waals surface area contributed by atoms with E-state index in [0.29, 0.717) is 0 Å². The molecule has 0 radical (unpaired) electrons. The van der Waals surface area contributed by atoms with Crippen LogP contribution >= 0.6 is 0 Å². The van der Waals surface area contributed by atoms with Gasteiger partial charge in [0, 0.05) is 6.08 Å². The molecule has 0 fully saturated rings. The third-order valence-corrected chi connectivity index (χ3v) is 2.15. The van der Waals surface area contributed by atoms with E-state index in [-0.39, 0.29) is 12.1 Å². The highest BCUT2D eigenvalue weighted by molar-refractivity contribution is 5.85. The number of ether oxygens (including phenoxy) is 1. The molecule has 0 saturated carbocycles. The summed E-state index contributed by atoms with van der Waals surface area (Å²) in [5, 5.41) is 18.8. The Morgan fingerprint density at radius 2 is 2.00 bits per heavy atom. The van der Waals surface area contributed by atoms with Crippen molar-refractivity contribution in [1.29, 1.82) is 5.26 Å². The number of amides is 1. The summed E-state index contributed by atoms with van der Waals surface area (Å²) >= 11 is 0. The molecule has 8 heteroatoms. The molecule has 0 saturated heterocycles. The molecule has 2 N–H and O–H groups in total. The predicted octanol–water partition coefficient (Wildman–Crippen LogP) is 1.08. The van der Waals surface area contributed by atoms with E-state index in [1.165, 1.54) is 0 Å². The van der Waals surface area contributed by atoms with Crippen LogP contribution in [0.4, 0.5) is 8.78 Å². The zero-order chi connectivity index (χ0) is 15.8. The molecular weight excluding hydrogens is 286 g/mol. The fourth-order valence-electron chi connectivity index (χ4n) is 1.31. The minimum absolute atomic E-state index is 0.00585. The molecule has 0 atom stereocenters. The number of benzene rings is 1. The van der Waals surface area contributed by atoms with E-state index in [2.05, 4.69) is 5.32 Å². The van der Waals surface area contributed by atoms with Gasteiger partial charge in [0.1, 0.15) is 6.54 Å². The van der Waals surface area contributed by atoms with Gasteiger partial charge in [-0.25, -0.2) is 13.6 Å². The van der Waals surface area contributed by atoms with E-state index >= 15 is 0 Å². The maximum atomic E-state index is 13.6. The number of aliphatic carboxylic acids is 1. The fraction of sp³-hybridized carbons (Fsp3) is 0.154. The van der Waals surface area contributed by atoms with Crippen LogP contribution < -0.4 is 10.1 Å². The second kappa shape index (κ2) is 7.59. The number of halogens is 2. The van der Waals surface area contributed by atoms with E-state index in [9.17, 15) is 18.4 Å². The Balaban J connectivity index is 2.79. The van der Waals surface area contributed by atoms with Crippen LogP contribution in [0, 0.1) is 23.0 Å². The maximum Gasteiger partial charge on any atom is 0.328 e. The third kappa shape index (κ3) is 5.28. The van der Waals surface area contributed by atoms with Gasteiger partial charge in [-0.2, -0.15) is 5.26 Å². The number of carbonyl (C=O) groups is 2. The molecule has 0 spiro atoms. The number of nitrogens with zero attached hydrogens (tertiary/aromatic N) is 1. The topological polar surface area (TPSA) is 99.4 Å². The highest BCUT2D eigenvalue weighted by atomic mass is 19.1. The molecule has 1 rings (SSSR count). The minimum atomic E-state index is -1.26. The fourth-order valence-corrected chi connectivity index (χ4v) is 1.31. The maximum absolute atomic E-state index is 13.6. The summed E-state index contributed by atoms with van der Waals surface area (Å²) in [6, 6.07) is 3.39. The van der Waals surface area contributed by atoms with Crippen LogP contribution in [0.25, 0.3) is 6.08 Å². The average molecular weight is 296 g/mol. The first kappa shape index (κ1) is 16.1. The third-order valence-electron chi connectivity index (χ3n) is 2.15. The van der Waals surface area contributed by atoms with Crippen LogP contribution in [0.5, 0.6) is 5.75 Å². The van der Waals surface area contributed by atoms with Crippen molar-refractivity contribution in [2.45, 2.75) is 0 Å². The minimum Gasteiger partial charge on any atom is -0.478 e. The van der Waals surface area contributed by atoms with Crippen LogP contribution in [0.1, 0.15) is 5.56 Å². The van der Waals surface area contributed by atoms with E-state index in [4.69, 9.17) is 15.1 Å². The Morgan fingerprint density at radius 1 is 1.38 bits per heavy atom. The Hall–Kier alpha value is -2.95. The van der Waals surface area contributed by atoms with Crippen molar-refractivity contribution in [2.24, 2.45) is 0 Å². The molecule has 0 bridgehead atoms. The normalized spacial score (nSPS) is 10.1. The highest BCUT2D eigenvalue weighted by Crippen LogP contribution is 2.23. The van der Waals surface area contributed by atoms with Gasteiger partial charge in [-0.15, -0.1) is 0 Å². The Labute approximate surface area is 118 Å². The molecule has 6 nitrogen and oxygen atoms in total. The van der Waals surface area contributed by atoms with Gasteiger partial charge in [0.25, 0.3) is 5.91 Å². The molecule has 0 aliphatic carbocycles. The summed E-state index contributed by atoms with van der Waals surface area (Å²) in [5.74, 6) is -4.87. The molecular formula is C13H10F2N2O4. The van der Waals surface area contributed by atoms with Gasteiger partial charge in [0.15, 0.2) is 24.0 Å². The Kier molecular flexibility index (Phi) is 5.82. The van der Waals surface area contributed by atoms with E-state index in [0.717, 1.165) is 24.3 Å². The summed E-state index contributed by atoms with van der Waals surface area (Å²) in [4.78, 5) is 21.4. The number of nitrogens with one attached hydrogen (secondary N) is 1. The van der Waals surface area contributed by atoms with Crippen molar-refractivity contribution in [1.82, 2.24) is 5.32 Å². The monoisotopic (exact) mass is 296 g/mol. The second-order valence-corrected chi connectivity index (χ2v) is 3.71. The zero-order valence-corrected chi connectivity index (χ0v) is 10.6. The Bertz CT molecular complexity index is 600. The van der Waals surface area contributed by atoms with E-state index in [1.54, 1.807) is 6.07 Å². The van der Waals surface area contributed by atoms with Crippen molar-refractivity contribution in [3.05, 3.63) is 35.4 Å². The first-order valence-corrected chi connectivity index (χ1v) is 5.60. The summed E-state index contributed by atoms with van der Waals surface area (Å²) in [6.45, 7) is -0.897. The summed E-state index contributed by atoms with van der Waals surface area (Å²) in [5.41, 5.74) is -0.00585. The number of hydrogen-bond acceptors (Lipinski definition) is 4. The van der Waals surface area contributed by atoms with Crippen molar-refractivity contribution < 1.29 is 28.2 Å². The van der Waals surface area contributed by atoms with Gasteiger partial charge < -0.3 is 15.2 Å². The van der Waals surface area contributed by atoms with Crippen LogP contribution in [-0.4, -0.2) is 30.1 Å². The van der Waals surface area contributed by atoms with Gasteiger partial charge in [-0.05, 0) is 23.8 Å². The van der Waals surface area contributed by atoms with Gasteiger partial charge in [0.05, 0.1) is 6.07 Å². The van der Waals surface area contributed by atoms with Gasteiger partial charge in [-0.1, -0.05) is 0 Å². The van der Waals surface area contributed by atoms with Crippen LogP contribution in [0.2, 0.25) is 0 Å². The van der Waals surface area contributed by atoms with Crippen molar-refractivity contribution in [3.63, 3.8) is 0 Å². The second-order valence-electron chi connectivity index (χ2n) is 3.71. The van der Waals surface area contributed by atoms with Crippen LogP contribution in [0.3, 0.4) is 0 Å². The first-order chi connectivity index (χ1) is 9.93. The molecule has 0 aliphatic heterocycles. The number of carbonyl (C=O) groups excluding carboxylic acids is 1. The molecule has 21 heavy (non-hydrogen) atoms. The van der Waals surface area contributed by atoms with Crippen molar-refractivity contribution in [2.75, 3.05) is 13.2 Å². The van der Waals surface area contributed by atoms with Crippen LogP contribution in [-0.2, 0) is 9.59 Å². The van der Waals surface area contributed by atoms with Gasteiger partial charge in [0.2, 0.25) is 0 Å². The lowest BCUT2D eigenvalue weighted by molar-refractivity contribution is -0.131. The molecule has 1 amide bonds. The number of rotatable bonds is 6. The average Bonchev–Trinajstić information content (AvgIpc) is 2.41. The van der Waals surface area contributed by atoms with Gasteiger partial charge >= 0.3 is 5.97 Å². The molecule has 0 heterocycles. The quantitative estimate of drug-likeness (QED) is 0.604. The molecule has 0 aliphatic rings. The summed E-state index contributed by atoms with van der Waals surface area (Å²) < 4.78 is 31.9. The van der Waals surface area contributed by atoms with Gasteiger partial charge in [-0.3, -0.25) is 4.79 Å². The lowest BCUT2D eigenvalue weighted by atomic mass is 10.2.